The van der Waals surface area contributed by atoms with E-state index in [1.165, 1.54) is 0 Å². The first-order valence-electron chi connectivity index (χ1n) is 7.10. The summed E-state index contributed by atoms with van der Waals surface area (Å²) in [6.45, 7) is 2.54. The third kappa shape index (κ3) is 2.60. The standard InChI is InChI=1S/C18H16ClNO2/c1-3-22-16-11-14(12-7-5-4-6-8-12)20-18-13(16)9-10-15(21-2)17(18)19/h4-11H,3H2,1-2H3. The summed E-state index contributed by atoms with van der Waals surface area (Å²) in [5.74, 6) is 1.38. The summed E-state index contributed by atoms with van der Waals surface area (Å²) in [6, 6.07) is 15.7. The van der Waals surface area contributed by atoms with Crippen LogP contribution >= 0.6 is 11.6 Å². The lowest BCUT2D eigenvalue weighted by atomic mass is 10.1. The smallest absolute Gasteiger partial charge is 0.139 e. The molecular weight excluding hydrogens is 298 g/mol. The molecule has 0 spiro atoms. The molecule has 0 bridgehead atoms. The van der Waals surface area contributed by atoms with E-state index in [-0.39, 0.29) is 0 Å². The SMILES string of the molecule is CCOc1cc(-c2ccccc2)nc2c(Cl)c(OC)ccc12. The van der Waals surface area contributed by atoms with Gasteiger partial charge in [-0.15, -0.1) is 0 Å². The number of rotatable bonds is 4. The van der Waals surface area contributed by atoms with Gasteiger partial charge in [-0.05, 0) is 19.1 Å². The second kappa shape index (κ2) is 6.24. The molecule has 3 rings (SSSR count). The predicted molar refractivity (Wildman–Crippen MR) is 89.9 cm³/mol. The van der Waals surface area contributed by atoms with E-state index in [4.69, 9.17) is 26.1 Å². The molecule has 0 unspecified atom stereocenters. The van der Waals surface area contributed by atoms with Gasteiger partial charge in [-0.25, -0.2) is 4.98 Å². The molecule has 0 saturated carbocycles. The Morgan fingerprint density at radius 3 is 2.50 bits per heavy atom. The van der Waals surface area contributed by atoms with Crippen LogP contribution in [0.1, 0.15) is 6.92 Å². The highest BCUT2D eigenvalue weighted by atomic mass is 35.5. The van der Waals surface area contributed by atoms with Crippen molar-refractivity contribution >= 4 is 22.5 Å². The number of benzene rings is 2. The van der Waals surface area contributed by atoms with Crippen molar-refractivity contribution in [3.63, 3.8) is 0 Å². The van der Waals surface area contributed by atoms with Gasteiger partial charge in [0.05, 0.1) is 24.9 Å². The minimum absolute atomic E-state index is 0.499. The Morgan fingerprint density at radius 2 is 1.82 bits per heavy atom. The highest BCUT2D eigenvalue weighted by Crippen LogP contribution is 2.37. The van der Waals surface area contributed by atoms with E-state index >= 15 is 0 Å². The number of fused-ring (bicyclic) bond motifs is 1. The summed E-state index contributed by atoms with van der Waals surface area (Å²) < 4.78 is 11.1. The number of pyridine rings is 1. The fourth-order valence-corrected chi connectivity index (χ4v) is 2.68. The number of nitrogens with zero attached hydrogens (tertiary/aromatic N) is 1. The first-order chi connectivity index (χ1) is 10.7. The van der Waals surface area contributed by atoms with E-state index in [1.807, 2.05) is 55.5 Å². The van der Waals surface area contributed by atoms with E-state index in [9.17, 15) is 0 Å². The maximum atomic E-state index is 6.43. The topological polar surface area (TPSA) is 31.4 Å². The molecule has 0 aliphatic rings. The van der Waals surface area contributed by atoms with Crippen LogP contribution in [0.4, 0.5) is 0 Å². The average Bonchev–Trinajstić information content (AvgIpc) is 2.56. The highest BCUT2D eigenvalue weighted by Gasteiger charge is 2.14. The monoisotopic (exact) mass is 313 g/mol. The zero-order chi connectivity index (χ0) is 15.5. The predicted octanol–water partition coefficient (Wildman–Crippen LogP) is 4.96. The summed E-state index contributed by atoms with van der Waals surface area (Å²) in [6.07, 6.45) is 0. The lowest BCUT2D eigenvalue weighted by molar-refractivity contribution is 0.344. The second-order valence-electron chi connectivity index (χ2n) is 4.78. The van der Waals surface area contributed by atoms with Crippen molar-refractivity contribution in [2.45, 2.75) is 6.92 Å². The molecule has 2 aromatic carbocycles. The van der Waals surface area contributed by atoms with E-state index in [0.717, 1.165) is 22.4 Å². The summed E-state index contributed by atoms with van der Waals surface area (Å²) in [5.41, 5.74) is 2.53. The molecule has 22 heavy (non-hydrogen) atoms. The molecule has 3 nitrogen and oxygen atoms in total. The summed E-state index contributed by atoms with van der Waals surface area (Å²) >= 11 is 6.43. The van der Waals surface area contributed by atoms with Gasteiger partial charge in [-0.1, -0.05) is 41.9 Å². The number of ether oxygens (including phenoxy) is 2. The number of methoxy groups -OCH3 is 1. The van der Waals surface area contributed by atoms with Crippen molar-refractivity contribution in [2.24, 2.45) is 0 Å². The zero-order valence-electron chi connectivity index (χ0n) is 12.5. The molecule has 0 aliphatic heterocycles. The van der Waals surface area contributed by atoms with Gasteiger partial charge >= 0.3 is 0 Å². The van der Waals surface area contributed by atoms with E-state index in [2.05, 4.69) is 0 Å². The fraction of sp³-hybridized carbons (Fsp3) is 0.167. The maximum Gasteiger partial charge on any atom is 0.139 e. The molecule has 0 aliphatic carbocycles. The van der Waals surface area contributed by atoms with E-state index in [0.29, 0.717) is 22.9 Å². The molecule has 3 aromatic rings. The second-order valence-corrected chi connectivity index (χ2v) is 5.16. The van der Waals surface area contributed by atoms with Crippen LogP contribution in [-0.4, -0.2) is 18.7 Å². The van der Waals surface area contributed by atoms with Crippen LogP contribution in [0.3, 0.4) is 0 Å². The van der Waals surface area contributed by atoms with Crippen molar-refractivity contribution < 1.29 is 9.47 Å². The summed E-state index contributed by atoms with van der Waals surface area (Å²) in [7, 11) is 1.59. The quantitative estimate of drug-likeness (QED) is 0.682. The lowest BCUT2D eigenvalue weighted by Crippen LogP contribution is -1.96. The summed E-state index contributed by atoms with van der Waals surface area (Å²) in [5, 5.41) is 1.38. The third-order valence-corrected chi connectivity index (χ3v) is 3.80. The Hall–Kier alpha value is -2.26. The maximum absolute atomic E-state index is 6.43. The van der Waals surface area contributed by atoms with Crippen molar-refractivity contribution in [1.29, 1.82) is 0 Å². The van der Waals surface area contributed by atoms with Crippen LogP contribution < -0.4 is 9.47 Å². The number of hydrogen-bond donors (Lipinski definition) is 0. The van der Waals surface area contributed by atoms with Crippen LogP contribution in [0.25, 0.3) is 22.2 Å². The minimum Gasteiger partial charge on any atom is -0.495 e. The molecule has 1 heterocycles. The molecule has 112 valence electrons. The molecule has 0 atom stereocenters. The molecular formula is C18H16ClNO2. The van der Waals surface area contributed by atoms with E-state index in [1.54, 1.807) is 7.11 Å². The Balaban J connectivity index is 2.29. The molecule has 0 fully saturated rings. The molecule has 1 aromatic heterocycles. The Bertz CT molecular complexity index is 803. The van der Waals surface area contributed by atoms with Crippen LogP contribution in [0.2, 0.25) is 5.02 Å². The van der Waals surface area contributed by atoms with Crippen molar-refractivity contribution in [3.05, 3.63) is 53.6 Å². The fourth-order valence-electron chi connectivity index (χ4n) is 2.40. The van der Waals surface area contributed by atoms with Gasteiger partial charge in [-0.2, -0.15) is 0 Å². The van der Waals surface area contributed by atoms with Crippen molar-refractivity contribution in [2.75, 3.05) is 13.7 Å². The first-order valence-corrected chi connectivity index (χ1v) is 7.48. The van der Waals surface area contributed by atoms with Gasteiger partial charge in [0.15, 0.2) is 0 Å². The lowest BCUT2D eigenvalue weighted by Gasteiger charge is -2.13. The summed E-state index contributed by atoms with van der Waals surface area (Å²) in [4.78, 5) is 4.70. The average molecular weight is 314 g/mol. The largest absolute Gasteiger partial charge is 0.495 e. The molecule has 4 heteroatoms. The Labute approximate surface area is 134 Å². The van der Waals surface area contributed by atoms with E-state index < -0.39 is 0 Å². The Kier molecular flexibility index (Phi) is 4.16. The van der Waals surface area contributed by atoms with Gasteiger partial charge in [0.25, 0.3) is 0 Å². The van der Waals surface area contributed by atoms with Crippen molar-refractivity contribution in [1.82, 2.24) is 4.98 Å². The van der Waals surface area contributed by atoms with Gasteiger partial charge in [0, 0.05) is 17.0 Å². The molecule has 0 saturated heterocycles. The van der Waals surface area contributed by atoms with Crippen molar-refractivity contribution in [3.8, 4) is 22.8 Å². The molecule has 0 amide bonds. The molecule has 0 radical (unpaired) electrons. The first kappa shape index (κ1) is 14.7. The van der Waals surface area contributed by atoms with Gasteiger partial charge in [0.1, 0.15) is 16.5 Å². The number of aromatic nitrogens is 1. The number of hydrogen-bond acceptors (Lipinski definition) is 3. The third-order valence-electron chi connectivity index (χ3n) is 3.44. The van der Waals surface area contributed by atoms with Crippen LogP contribution in [-0.2, 0) is 0 Å². The van der Waals surface area contributed by atoms with Gasteiger partial charge in [-0.3, -0.25) is 0 Å². The zero-order valence-corrected chi connectivity index (χ0v) is 13.2. The minimum atomic E-state index is 0.499. The van der Waals surface area contributed by atoms with Crippen LogP contribution in [0, 0.1) is 0 Å². The van der Waals surface area contributed by atoms with Gasteiger partial charge in [0.2, 0.25) is 0 Å². The van der Waals surface area contributed by atoms with Gasteiger partial charge < -0.3 is 9.47 Å². The molecule has 0 N–H and O–H groups in total. The van der Waals surface area contributed by atoms with Crippen LogP contribution in [0.5, 0.6) is 11.5 Å². The highest BCUT2D eigenvalue weighted by molar-refractivity contribution is 6.36. The Morgan fingerprint density at radius 1 is 1.05 bits per heavy atom. The number of halogens is 1. The van der Waals surface area contributed by atoms with Crippen LogP contribution in [0.15, 0.2) is 48.5 Å². The normalized spacial score (nSPS) is 10.7.